The number of hydrogen-bond donors (Lipinski definition) is 2. The lowest BCUT2D eigenvalue weighted by atomic mass is 9.86. The van der Waals surface area contributed by atoms with E-state index in [0.717, 1.165) is 16.6 Å². The number of halogens is 1. The van der Waals surface area contributed by atoms with Gasteiger partial charge in [0.2, 0.25) is 0 Å². The van der Waals surface area contributed by atoms with Crippen LogP contribution in [0.25, 0.3) is 10.9 Å². The number of amides is 1. The molecule has 33 heavy (non-hydrogen) atoms. The van der Waals surface area contributed by atoms with Crippen LogP contribution in [0.3, 0.4) is 0 Å². The first-order valence-electron chi connectivity index (χ1n) is 10.3. The number of nitrogens with one attached hydrogen (secondary N) is 2. The van der Waals surface area contributed by atoms with E-state index >= 15 is 0 Å². The van der Waals surface area contributed by atoms with Crippen LogP contribution in [0.15, 0.2) is 89.0 Å². The molecule has 164 valence electrons. The zero-order valence-electron chi connectivity index (χ0n) is 17.1. The maximum absolute atomic E-state index is 13.5. The normalized spacial score (nSPS) is 19.4. The number of fused-ring (bicyclic) bond motifs is 3. The van der Waals surface area contributed by atoms with Gasteiger partial charge in [-0.3, -0.25) is 10.2 Å². The van der Waals surface area contributed by atoms with Crippen LogP contribution in [0, 0.1) is 0 Å². The van der Waals surface area contributed by atoms with Crippen LogP contribution in [0.5, 0.6) is 0 Å². The van der Waals surface area contributed by atoms with E-state index in [1.807, 2.05) is 36.4 Å². The van der Waals surface area contributed by atoms with Crippen LogP contribution in [0.2, 0.25) is 5.02 Å². The van der Waals surface area contributed by atoms with Crippen LogP contribution in [-0.4, -0.2) is 24.0 Å². The molecule has 6 rings (SSSR count). The molecule has 2 aliphatic heterocycles. The molecule has 3 aromatic carbocycles. The molecular formula is C24H17ClN4O3S. The van der Waals surface area contributed by atoms with Crippen molar-refractivity contribution in [3.63, 3.8) is 0 Å². The van der Waals surface area contributed by atoms with E-state index in [1.165, 1.54) is 16.1 Å². The van der Waals surface area contributed by atoms with Crippen molar-refractivity contribution in [1.29, 1.82) is 0 Å². The Hall–Kier alpha value is -3.62. The number of para-hydroxylation sites is 2. The number of rotatable bonds is 3. The molecule has 3 heterocycles. The fourth-order valence-corrected chi connectivity index (χ4v) is 6.05. The Kier molecular flexibility index (Phi) is 4.21. The average molecular weight is 477 g/mol. The van der Waals surface area contributed by atoms with Gasteiger partial charge < -0.3 is 5.32 Å². The van der Waals surface area contributed by atoms with Crippen LogP contribution in [0.1, 0.15) is 17.5 Å². The Morgan fingerprint density at radius 2 is 1.70 bits per heavy atom. The van der Waals surface area contributed by atoms with E-state index in [9.17, 15) is 13.2 Å². The first-order chi connectivity index (χ1) is 15.9. The predicted molar refractivity (Wildman–Crippen MR) is 127 cm³/mol. The molecule has 1 atom stereocenters. The summed E-state index contributed by atoms with van der Waals surface area (Å²) in [5, 5.41) is 8.60. The lowest BCUT2D eigenvalue weighted by Crippen LogP contribution is -2.42. The van der Waals surface area contributed by atoms with Crippen molar-refractivity contribution in [2.45, 2.75) is 16.9 Å². The Balaban J connectivity index is 1.47. The van der Waals surface area contributed by atoms with E-state index < -0.39 is 15.6 Å². The smallest absolute Gasteiger partial charge is 0.268 e. The molecule has 0 aliphatic carbocycles. The number of anilines is 1. The van der Waals surface area contributed by atoms with Gasteiger partial charge >= 0.3 is 0 Å². The van der Waals surface area contributed by atoms with Gasteiger partial charge in [0.05, 0.1) is 16.1 Å². The van der Waals surface area contributed by atoms with Crippen LogP contribution < -0.4 is 10.7 Å². The topological polar surface area (TPSA) is 92.6 Å². The Labute approximate surface area is 194 Å². The second kappa shape index (κ2) is 6.94. The Morgan fingerprint density at radius 3 is 2.52 bits per heavy atom. The van der Waals surface area contributed by atoms with Gasteiger partial charge in [-0.05, 0) is 36.4 Å². The van der Waals surface area contributed by atoms with E-state index in [2.05, 4.69) is 15.8 Å². The standard InChI is InChI=1S/C24H17ClN4O3S/c25-15-9-11-16(12-10-15)33(31,32)29-14-18(17-5-1-4-8-22(17)29)21-13-24(28-27-21)19-6-2-3-7-20(19)26-23(24)30/h1-12,14,28H,13H2,(H,26,30). The third-order valence-corrected chi connectivity index (χ3v) is 8.14. The summed E-state index contributed by atoms with van der Waals surface area (Å²) in [4.78, 5) is 13.0. The summed E-state index contributed by atoms with van der Waals surface area (Å²) in [5.74, 6) is -0.181. The molecule has 7 nitrogen and oxygen atoms in total. The fraction of sp³-hybridized carbons (Fsp3) is 0.0833. The number of nitrogens with zero attached hydrogens (tertiary/aromatic N) is 2. The molecule has 0 saturated carbocycles. The van der Waals surface area contributed by atoms with Gasteiger partial charge in [-0.15, -0.1) is 0 Å². The zero-order chi connectivity index (χ0) is 22.8. The summed E-state index contributed by atoms with van der Waals surface area (Å²) >= 11 is 5.94. The van der Waals surface area contributed by atoms with Crippen molar-refractivity contribution in [3.05, 3.63) is 95.1 Å². The van der Waals surface area contributed by atoms with Gasteiger partial charge in [0, 0.05) is 39.8 Å². The van der Waals surface area contributed by atoms with Crippen molar-refractivity contribution in [3.8, 4) is 0 Å². The molecule has 9 heteroatoms. The summed E-state index contributed by atoms with van der Waals surface area (Å²) in [6.07, 6.45) is 1.87. The quantitative estimate of drug-likeness (QED) is 0.466. The predicted octanol–water partition coefficient (Wildman–Crippen LogP) is 4.08. The summed E-state index contributed by atoms with van der Waals surface area (Å²) in [6.45, 7) is 0. The maximum atomic E-state index is 13.5. The molecule has 1 spiro atoms. The summed E-state index contributed by atoms with van der Waals surface area (Å²) in [7, 11) is -3.87. The van der Waals surface area contributed by atoms with E-state index in [0.29, 0.717) is 28.2 Å². The largest absolute Gasteiger partial charge is 0.323 e. The number of carbonyl (C=O) groups is 1. The second-order valence-electron chi connectivity index (χ2n) is 8.07. The third-order valence-electron chi connectivity index (χ3n) is 6.20. The van der Waals surface area contributed by atoms with Crippen molar-refractivity contribution in [2.24, 2.45) is 5.10 Å². The third kappa shape index (κ3) is 2.84. The summed E-state index contributed by atoms with van der Waals surface area (Å²) in [5.41, 5.74) is 5.41. The second-order valence-corrected chi connectivity index (χ2v) is 10.3. The highest BCUT2D eigenvalue weighted by Gasteiger charge is 2.50. The molecule has 0 radical (unpaired) electrons. The molecule has 1 unspecified atom stereocenters. The highest BCUT2D eigenvalue weighted by Crippen LogP contribution is 2.42. The SMILES string of the molecule is O=C1Nc2ccccc2C12CC(c1cn(S(=O)(=O)c3ccc(Cl)cc3)c3ccccc13)=NN2. The number of hydrazone groups is 1. The van der Waals surface area contributed by atoms with Crippen molar-refractivity contribution >= 4 is 49.8 Å². The number of aromatic nitrogens is 1. The molecule has 0 bridgehead atoms. The van der Waals surface area contributed by atoms with Gasteiger partial charge in [-0.1, -0.05) is 48.0 Å². The van der Waals surface area contributed by atoms with Gasteiger partial charge in [0.25, 0.3) is 15.9 Å². The van der Waals surface area contributed by atoms with Crippen molar-refractivity contribution < 1.29 is 13.2 Å². The Bertz CT molecular complexity index is 1590. The highest BCUT2D eigenvalue weighted by molar-refractivity contribution is 7.90. The lowest BCUT2D eigenvalue weighted by molar-refractivity contribution is -0.121. The average Bonchev–Trinajstić information content (AvgIpc) is 3.50. The van der Waals surface area contributed by atoms with Crippen LogP contribution in [0.4, 0.5) is 5.69 Å². The maximum Gasteiger partial charge on any atom is 0.268 e. The van der Waals surface area contributed by atoms with Crippen molar-refractivity contribution in [1.82, 2.24) is 9.40 Å². The highest BCUT2D eigenvalue weighted by atomic mass is 35.5. The minimum absolute atomic E-state index is 0.131. The van der Waals surface area contributed by atoms with Crippen LogP contribution in [-0.2, 0) is 20.4 Å². The number of benzene rings is 3. The van der Waals surface area contributed by atoms with Gasteiger partial charge in [0.1, 0.15) is 0 Å². The monoisotopic (exact) mass is 476 g/mol. The molecule has 2 aliphatic rings. The first-order valence-corrected chi connectivity index (χ1v) is 12.1. The van der Waals surface area contributed by atoms with Crippen molar-refractivity contribution in [2.75, 3.05) is 5.32 Å². The number of carbonyl (C=O) groups excluding carboxylic acids is 1. The van der Waals surface area contributed by atoms with Gasteiger partial charge in [-0.25, -0.2) is 12.4 Å². The first kappa shape index (κ1) is 20.0. The fourth-order valence-electron chi connectivity index (χ4n) is 4.55. The summed E-state index contributed by atoms with van der Waals surface area (Å²) < 4.78 is 28.2. The van der Waals surface area contributed by atoms with Gasteiger partial charge in [-0.2, -0.15) is 5.10 Å². The molecule has 0 fully saturated rings. The minimum Gasteiger partial charge on any atom is -0.323 e. The van der Waals surface area contributed by atoms with E-state index in [4.69, 9.17) is 11.6 Å². The molecule has 2 N–H and O–H groups in total. The van der Waals surface area contributed by atoms with E-state index in [1.54, 1.807) is 30.5 Å². The number of hydrogen-bond acceptors (Lipinski definition) is 5. The molecule has 1 amide bonds. The van der Waals surface area contributed by atoms with E-state index in [-0.39, 0.29) is 10.8 Å². The lowest BCUT2D eigenvalue weighted by Gasteiger charge is -2.20. The molecule has 1 aromatic heterocycles. The molecule has 0 saturated heterocycles. The minimum atomic E-state index is -3.87. The zero-order valence-corrected chi connectivity index (χ0v) is 18.7. The molecule has 4 aromatic rings. The molecular weight excluding hydrogens is 460 g/mol. The van der Waals surface area contributed by atoms with Gasteiger partial charge in [0.15, 0.2) is 5.54 Å². The Morgan fingerprint density at radius 1 is 0.970 bits per heavy atom. The van der Waals surface area contributed by atoms with Crippen LogP contribution >= 0.6 is 11.6 Å². The summed E-state index contributed by atoms with van der Waals surface area (Å²) in [6, 6.07) is 20.8.